The van der Waals surface area contributed by atoms with Crippen LogP contribution in [0, 0.1) is 15.5 Å². The van der Waals surface area contributed by atoms with Gasteiger partial charge in [0.15, 0.2) is 0 Å². The Kier molecular flexibility index (Phi) is 5.47. The minimum atomic E-state index is -0.658. The van der Waals surface area contributed by atoms with Crippen molar-refractivity contribution in [2.75, 3.05) is 11.9 Å². The number of nitrogens with one attached hydrogen (secondary N) is 1. The molecule has 20 heavy (non-hydrogen) atoms. The number of hydrogen-bond acceptors (Lipinski definition) is 4. The maximum absolute atomic E-state index is 12.3. The summed E-state index contributed by atoms with van der Waals surface area (Å²) in [5.74, 6) is -0.235. The summed E-state index contributed by atoms with van der Waals surface area (Å²) in [5, 5.41) is 13.5. The van der Waals surface area contributed by atoms with E-state index in [0.717, 1.165) is 0 Å². The second-order valence-electron chi connectivity index (χ2n) is 4.57. The maximum atomic E-state index is 12.3. The van der Waals surface area contributed by atoms with E-state index in [1.54, 1.807) is 0 Å². The SMILES string of the molecule is CCC(CC)(CN)C(=O)Nc1ccc(Cl)c([N+](=O)[O-])c1. The van der Waals surface area contributed by atoms with Crippen LogP contribution in [0.25, 0.3) is 0 Å². The van der Waals surface area contributed by atoms with Crippen LogP contribution in [-0.4, -0.2) is 17.4 Å². The first-order valence-electron chi connectivity index (χ1n) is 6.35. The van der Waals surface area contributed by atoms with E-state index in [9.17, 15) is 14.9 Å². The number of carbonyl (C=O) groups excluding carboxylic acids is 1. The normalized spacial score (nSPS) is 11.2. The summed E-state index contributed by atoms with van der Waals surface area (Å²) in [7, 11) is 0. The molecule has 0 unspecified atom stereocenters. The lowest BCUT2D eigenvalue weighted by atomic mass is 9.81. The second kappa shape index (κ2) is 6.67. The molecular formula is C13H18ClN3O3. The molecule has 0 spiro atoms. The molecule has 1 aromatic rings. The van der Waals surface area contributed by atoms with Crippen molar-refractivity contribution >= 4 is 28.9 Å². The van der Waals surface area contributed by atoms with Gasteiger partial charge in [-0.25, -0.2) is 0 Å². The fraction of sp³-hybridized carbons (Fsp3) is 0.462. The summed E-state index contributed by atoms with van der Waals surface area (Å²) >= 11 is 5.73. The van der Waals surface area contributed by atoms with Crippen molar-refractivity contribution in [3.05, 3.63) is 33.3 Å². The molecule has 0 aliphatic heterocycles. The van der Waals surface area contributed by atoms with Gasteiger partial charge in [0.2, 0.25) is 5.91 Å². The summed E-state index contributed by atoms with van der Waals surface area (Å²) in [6, 6.07) is 4.16. The first-order chi connectivity index (χ1) is 9.40. The van der Waals surface area contributed by atoms with E-state index in [1.807, 2.05) is 13.8 Å². The molecule has 0 atom stereocenters. The Balaban J connectivity index is 3.02. The number of nitro benzene ring substituents is 1. The summed E-state index contributed by atoms with van der Waals surface area (Å²) in [6.45, 7) is 4.00. The van der Waals surface area contributed by atoms with E-state index in [1.165, 1.54) is 18.2 Å². The molecule has 0 heterocycles. The molecule has 6 nitrogen and oxygen atoms in total. The molecule has 0 aliphatic rings. The van der Waals surface area contributed by atoms with Crippen molar-refractivity contribution in [3.63, 3.8) is 0 Å². The van der Waals surface area contributed by atoms with Gasteiger partial charge < -0.3 is 11.1 Å². The molecule has 1 amide bonds. The molecule has 1 aromatic carbocycles. The van der Waals surface area contributed by atoms with Gasteiger partial charge in [0.25, 0.3) is 5.69 Å². The van der Waals surface area contributed by atoms with Gasteiger partial charge in [-0.1, -0.05) is 25.4 Å². The fourth-order valence-electron chi connectivity index (χ4n) is 1.95. The molecule has 7 heteroatoms. The van der Waals surface area contributed by atoms with Crippen molar-refractivity contribution in [1.29, 1.82) is 0 Å². The highest BCUT2D eigenvalue weighted by Crippen LogP contribution is 2.30. The summed E-state index contributed by atoms with van der Waals surface area (Å²) in [6.07, 6.45) is 1.20. The quantitative estimate of drug-likeness (QED) is 0.623. The lowest BCUT2D eigenvalue weighted by Gasteiger charge is -2.28. The Morgan fingerprint density at radius 3 is 2.50 bits per heavy atom. The van der Waals surface area contributed by atoms with E-state index < -0.39 is 10.3 Å². The minimum absolute atomic E-state index is 0.0315. The highest BCUT2D eigenvalue weighted by molar-refractivity contribution is 6.32. The summed E-state index contributed by atoms with van der Waals surface area (Å²) < 4.78 is 0. The van der Waals surface area contributed by atoms with Gasteiger partial charge in [0, 0.05) is 18.3 Å². The van der Waals surface area contributed by atoms with Crippen LogP contribution >= 0.6 is 11.6 Å². The highest BCUT2D eigenvalue weighted by atomic mass is 35.5. The first kappa shape index (κ1) is 16.4. The number of halogens is 1. The lowest BCUT2D eigenvalue weighted by molar-refractivity contribution is -0.384. The Bertz CT molecular complexity index is 507. The smallest absolute Gasteiger partial charge is 0.289 e. The fourth-order valence-corrected chi connectivity index (χ4v) is 2.13. The average Bonchev–Trinajstić information content (AvgIpc) is 2.43. The van der Waals surface area contributed by atoms with E-state index in [0.29, 0.717) is 18.5 Å². The van der Waals surface area contributed by atoms with E-state index in [-0.39, 0.29) is 23.2 Å². The molecule has 1 rings (SSSR count). The third kappa shape index (κ3) is 3.26. The number of benzene rings is 1. The standard InChI is InChI=1S/C13H18ClN3O3/c1-3-13(4-2,8-15)12(18)16-9-5-6-10(14)11(7-9)17(19)20/h5-7H,3-4,8,15H2,1-2H3,(H,16,18). The van der Waals surface area contributed by atoms with E-state index in [2.05, 4.69) is 5.32 Å². The van der Waals surface area contributed by atoms with Gasteiger partial charge in [0.05, 0.1) is 10.3 Å². The number of rotatable bonds is 6. The Labute approximate surface area is 122 Å². The van der Waals surface area contributed by atoms with Crippen molar-refractivity contribution < 1.29 is 9.72 Å². The number of nitrogens with zero attached hydrogens (tertiary/aromatic N) is 1. The lowest BCUT2D eigenvalue weighted by Crippen LogP contribution is -2.41. The number of nitrogens with two attached hydrogens (primary N) is 1. The van der Waals surface area contributed by atoms with Gasteiger partial charge in [-0.2, -0.15) is 0 Å². The predicted octanol–water partition coefficient (Wildman–Crippen LogP) is 2.95. The molecule has 0 aliphatic carbocycles. The Morgan fingerprint density at radius 2 is 2.05 bits per heavy atom. The molecule has 0 saturated heterocycles. The topological polar surface area (TPSA) is 98.3 Å². The molecule has 0 bridgehead atoms. The first-order valence-corrected chi connectivity index (χ1v) is 6.73. The van der Waals surface area contributed by atoms with E-state index in [4.69, 9.17) is 17.3 Å². The van der Waals surface area contributed by atoms with Gasteiger partial charge in [-0.3, -0.25) is 14.9 Å². The van der Waals surface area contributed by atoms with Crippen LogP contribution < -0.4 is 11.1 Å². The molecule has 0 radical (unpaired) electrons. The monoisotopic (exact) mass is 299 g/mol. The summed E-state index contributed by atoms with van der Waals surface area (Å²) in [4.78, 5) is 22.5. The molecular weight excluding hydrogens is 282 g/mol. The Morgan fingerprint density at radius 1 is 1.45 bits per heavy atom. The third-order valence-electron chi connectivity index (χ3n) is 3.63. The van der Waals surface area contributed by atoms with Crippen molar-refractivity contribution in [1.82, 2.24) is 0 Å². The van der Waals surface area contributed by atoms with Crippen molar-refractivity contribution in [2.24, 2.45) is 11.1 Å². The number of anilines is 1. The molecule has 3 N–H and O–H groups in total. The largest absolute Gasteiger partial charge is 0.329 e. The predicted molar refractivity (Wildman–Crippen MR) is 78.8 cm³/mol. The van der Waals surface area contributed by atoms with Gasteiger partial charge in [-0.15, -0.1) is 0 Å². The van der Waals surface area contributed by atoms with Crippen LogP contribution in [0.5, 0.6) is 0 Å². The van der Waals surface area contributed by atoms with Gasteiger partial charge in [0.1, 0.15) is 5.02 Å². The molecule has 0 fully saturated rings. The highest BCUT2D eigenvalue weighted by Gasteiger charge is 2.33. The van der Waals surface area contributed by atoms with Crippen molar-refractivity contribution in [2.45, 2.75) is 26.7 Å². The number of amides is 1. The Hall–Kier alpha value is -1.66. The molecule has 0 aromatic heterocycles. The van der Waals surface area contributed by atoms with Crippen LogP contribution in [-0.2, 0) is 4.79 Å². The third-order valence-corrected chi connectivity index (χ3v) is 3.95. The summed E-state index contributed by atoms with van der Waals surface area (Å²) in [5.41, 5.74) is 5.14. The zero-order chi connectivity index (χ0) is 15.3. The van der Waals surface area contributed by atoms with Crippen LogP contribution in [0.2, 0.25) is 5.02 Å². The van der Waals surface area contributed by atoms with Gasteiger partial charge in [-0.05, 0) is 25.0 Å². The number of hydrogen-bond donors (Lipinski definition) is 2. The molecule has 0 saturated carbocycles. The van der Waals surface area contributed by atoms with Gasteiger partial charge >= 0.3 is 0 Å². The van der Waals surface area contributed by atoms with E-state index >= 15 is 0 Å². The minimum Gasteiger partial charge on any atom is -0.329 e. The van der Waals surface area contributed by atoms with Crippen LogP contribution in [0.15, 0.2) is 18.2 Å². The van der Waals surface area contributed by atoms with Crippen LogP contribution in [0.1, 0.15) is 26.7 Å². The molecule has 110 valence electrons. The maximum Gasteiger partial charge on any atom is 0.289 e. The second-order valence-corrected chi connectivity index (χ2v) is 4.98. The zero-order valence-corrected chi connectivity index (χ0v) is 12.2. The number of carbonyl (C=O) groups is 1. The van der Waals surface area contributed by atoms with Crippen molar-refractivity contribution in [3.8, 4) is 0 Å². The zero-order valence-electron chi connectivity index (χ0n) is 11.5. The van der Waals surface area contributed by atoms with Crippen LogP contribution in [0.3, 0.4) is 0 Å². The number of nitro groups is 1. The average molecular weight is 300 g/mol. The van der Waals surface area contributed by atoms with Crippen LogP contribution in [0.4, 0.5) is 11.4 Å².